The second-order valence-electron chi connectivity index (χ2n) is 9.93. The Hall–Kier alpha value is -3.39. The molecular formula is C28H33N3O5. The van der Waals surface area contributed by atoms with Crippen LogP contribution in [0, 0.1) is 6.92 Å². The minimum atomic E-state index is -0.870. The maximum absolute atomic E-state index is 12.6. The topological polar surface area (TPSA) is 93.9 Å². The Kier molecular flexibility index (Phi) is 6.71. The predicted molar refractivity (Wildman–Crippen MR) is 137 cm³/mol. The number of methoxy groups -OCH3 is 1. The molecule has 3 heterocycles. The van der Waals surface area contributed by atoms with Crippen molar-refractivity contribution in [2.45, 2.75) is 64.0 Å². The van der Waals surface area contributed by atoms with E-state index in [2.05, 4.69) is 4.57 Å². The molecule has 5 rings (SSSR count). The van der Waals surface area contributed by atoms with Crippen LogP contribution in [0.3, 0.4) is 0 Å². The Balaban J connectivity index is 1.64. The zero-order valence-electron chi connectivity index (χ0n) is 21.1. The number of imidazole rings is 1. The molecule has 1 aromatic heterocycles. The smallest absolute Gasteiger partial charge is 0.414 e. The maximum Gasteiger partial charge on any atom is 0.414 e. The van der Waals surface area contributed by atoms with Gasteiger partial charge in [-0.1, -0.05) is 29.8 Å². The van der Waals surface area contributed by atoms with Gasteiger partial charge in [0.2, 0.25) is 0 Å². The number of carbonyl (C=O) groups is 2. The van der Waals surface area contributed by atoms with Gasteiger partial charge in [-0.3, -0.25) is 9.69 Å². The number of carboxylic acids is 1. The highest BCUT2D eigenvalue weighted by atomic mass is 16.5. The van der Waals surface area contributed by atoms with Crippen LogP contribution in [0.1, 0.15) is 60.7 Å². The minimum Gasteiger partial charge on any atom is -0.481 e. The highest BCUT2D eigenvalue weighted by Crippen LogP contribution is 2.39. The number of nitrogens with zero attached hydrogens (tertiary/aromatic N) is 3. The normalized spacial score (nSPS) is 20.7. The lowest BCUT2D eigenvalue weighted by molar-refractivity contribution is -0.138. The third-order valence-corrected chi connectivity index (χ3v) is 7.56. The number of fused-ring (bicyclic) bond motifs is 3. The molecule has 190 valence electrons. The highest BCUT2D eigenvalue weighted by Gasteiger charge is 2.33. The number of carbonyl (C=O) groups excluding carboxylic acids is 1. The molecule has 0 aliphatic carbocycles. The second kappa shape index (κ2) is 9.93. The fourth-order valence-corrected chi connectivity index (χ4v) is 5.63. The first kappa shape index (κ1) is 24.3. The number of anilines is 1. The summed E-state index contributed by atoms with van der Waals surface area (Å²) in [7, 11) is 1.40. The summed E-state index contributed by atoms with van der Waals surface area (Å²) in [5, 5.41) is 10.2. The fraction of sp³-hybridized carbons (Fsp3) is 0.464. The second-order valence-corrected chi connectivity index (χ2v) is 9.93. The number of hydrogen-bond acceptors (Lipinski definition) is 5. The number of carboxylic acid groups (broad SMARTS) is 1. The Labute approximate surface area is 210 Å². The zero-order chi connectivity index (χ0) is 25.4. The van der Waals surface area contributed by atoms with Gasteiger partial charge in [-0.15, -0.1) is 0 Å². The molecule has 1 unspecified atom stereocenters. The number of aliphatic carboxylic acids is 1. The lowest BCUT2D eigenvalue weighted by atomic mass is 9.94. The van der Waals surface area contributed by atoms with Crippen LogP contribution < -0.4 is 4.90 Å². The summed E-state index contributed by atoms with van der Waals surface area (Å²) in [5.74, 6) is -0.844. The van der Waals surface area contributed by atoms with Gasteiger partial charge in [-0.05, 0) is 57.2 Å². The SMILES string of the molecule is COC(=O)N1c2ccc3c(nc(CC(C(=O)O)c4ccc(C)cc4)n3[C@@H]3CCCOC3)c2CC[C@@H]1C. The first-order chi connectivity index (χ1) is 17.4. The van der Waals surface area contributed by atoms with Gasteiger partial charge in [-0.25, -0.2) is 9.78 Å². The largest absolute Gasteiger partial charge is 0.481 e. The van der Waals surface area contributed by atoms with Gasteiger partial charge < -0.3 is 19.1 Å². The maximum atomic E-state index is 12.6. The molecule has 1 saturated heterocycles. The molecule has 2 aromatic carbocycles. The van der Waals surface area contributed by atoms with E-state index in [9.17, 15) is 14.7 Å². The van der Waals surface area contributed by atoms with Gasteiger partial charge >= 0.3 is 12.1 Å². The van der Waals surface area contributed by atoms with Gasteiger partial charge in [0.25, 0.3) is 0 Å². The molecule has 0 bridgehead atoms. The third-order valence-electron chi connectivity index (χ3n) is 7.56. The summed E-state index contributed by atoms with van der Waals surface area (Å²) >= 11 is 0. The molecule has 3 aromatic rings. The van der Waals surface area contributed by atoms with Crippen LogP contribution in [0.5, 0.6) is 0 Å². The van der Waals surface area contributed by atoms with E-state index >= 15 is 0 Å². The molecule has 8 nitrogen and oxygen atoms in total. The van der Waals surface area contributed by atoms with Crippen molar-refractivity contribution in [3.63, 3.8) is 0 Å². The molecule has 0 spiro atoms. The Morgan fingerprint density at radius 3 is 2.64 bits per heavy atom. The number of benzene rings is 2. The van der Waals surface area contributed by atoms with Gasteiger partial charge in [0.05, 0.1) is 42.4 Å². The Morgan fingerprint density at radius 1 is 1.19 bits per heavy atom. The van der Waals surface area contributed by atoms with Crippen LogP contribution in [-0.2, 0) is 27.1 Å². The summed E-state index contributed by atoms with van der Waals surface area (Å²) in [6.45, 7) is 5.32. The molecule has 1 fully saturated rings. The van der Waals surface area contributed by atoms with Gasteiger partial charge in [-0.2, -0.15) is 0 Å². The van der Waals surface area contributed by atoms with E-state index in [1.165, 1.54) is 7.11 Å². The van der Waals surface area contributed by atoms with Crippen molar-refractivity contribution in [1.29, 1.82) is 0 Å². The molecule has 8 heteroatoms. The quantitative estimate of drug-likeness (QED) is 0.539. The Bertz CT molecular complexity index is 1280. The van der Waals surface area contributed by atoms with Crippen molar-refractivity contribution in [2.24, 2.45) is 0 Å². The molecule has 3 atom stereocenters. The lowest BCUT2D eigenvalue weighted by Gasteiger charge is -2.34. The van der Waals surface area contributed by atoms with E-state index in [1.807, 2.05) is 50.2 Å². The average Bonchev–Trinajstić information content (AvgIpc) is 3.26. The van der Waals surface area contributed by atoms with Crippen LogP contribution >= 0.6 is 0 Å². The number of amides is 1. The molecule has 2 aliphatic heterocycles. The van der Waals surface area contributed by atoms with E-state index in [0.29, 0.717) is 6.61 Å². The van der Waals surface area contributed by atoms with Crippen molar-refractivity contribution in [2.75, 3.05) is 25.2 Å². The molecule has 1 amide bonds. The molecule has 36 heavy (non-hydrogen) atoms. The highest BCUT2D eigenvalue weighted by molar-refractivity contribution is 5.95. The van der Waals surface area contributed by atoms with E-state index in [0.717, 1.165) is 71.5 Å². The zero-order valence-corrected chi connectivity index (χ0v) is 21.1. The first-order valence-corrected chi connectivity index (χ1v) is 12.7. The monoisotopic (exact) mass is 491 g/mol. The fourth-order valence-electron chi connectivity index (χ4n) is 5.63. The van der Waals surface area contributed by atoms with Crippen molar-refractivity contribution in [3.05, 3.63) is 58.9 Å². The van der Waals surface area contributed by atoms with Crippen LogP contribution in [-0.4, -0.2) is 53.1 Å². The Morgan fingerprint density at radius 2 is 1.97 bits per heavy atom. The predicted octanol–water partition coefficient (Wildman–Crippen LogP) is 5.01. The van der Waals surface area contributed by atoms with E-state index in [4.69, 9.17) is 14.5 Å². The summed E-state index contributed by atoms with van der Waals surface area (Å²) < 4.78 is 13.1. The number of hydrogen-bond donors (Lipinski definition) is 1. The van der Waals surface area contributed by atoms with Crippen molar-refractivity contribution >= 4 is 28.8 Å². The number of ether oxygens (including phenoxy) is 2. The van der Waals surface area contributed by atoms with Crippen LogP contribution in [0.25, 0.3) is 11.0 Å². The summed E-state index contributed by atoms with van der Waals surface area (Å²) in [4.78, 5) is 31.8. The van der Waals surface area contributed by atoms with E-state index in [-0.39, 0.29) is 24.6 Å². The third kappa shape index (κ3) is 4.34. The summed E-state index contributed by atoms with van der Waals surface area (Å²) in [5.41, 5.74) is 5.48. The molecule has 0 saturated carbocycles. The van der Waals surface area contributed by atoms with E-state index in [1.54, 1.807) is 4.90 Å². The van der Waals surface area contributed by atoms with Crippen molar-refractivity contribution in [1.82, 2.24) is 9.55 Å². The standard InChI is InChI=1S/C28H33N3O5/c1-17-6-9-19(10-7-17)22(27(32)33)15-25-29-26-21-11-8-18(2)30(28(34)35-3)23(21)12-13-24(26)31(25)20-5-4-14-36-16-20/h6-7,9-10,12-13,18,20,22H,4-5,8,11,14-16H2,1-3H3,(H,32,33)/t18-,20+,22?/m0/s1. The molecule has 0 radical (unpaired) electrons. The van der Waals surface area contributed by atoms with Crippen molar-refractivity contribution in [3.8, 4) is 0 Å². The first-order valence-electron chi connectivity index (χ1n) is 12.7. The number of aryl methyl sites for hydroxylation is 2. The number of rotatable bonds is 5. The minimum absolute atomic E-state index is 0.0219. The van der Waals surface area contributed by atoms with Gasteiger partial charge in [0.15, 0.2) is 0 Å². The van der Waals surface area contributed by atoms with Crippen LogP contribution in [0.15, 0.2) is 36.4 Å². The lowest BCUT2D eigenvalue weighted by Crippen LogP contribution is -2.42. The van der Waals surface area contributed by atoms with Crippen LogP contribution in [0.4, 0.5) is 10.5 Å². The molecule has 2 aliphatic rings. The summed E-state index contributed by atoms with van der Waals surface area (Å²) in [6, 6.07) is 11.8. The van der Waals surface area contributed by atoms with Gasteiger partial charge in [0.1, 0.15) is 5.82 Å². The molecular weight excluding hydrogens is 458 g/mol. The van der Waals surface area contributed by atoms with Crippen molar-refractivity contribution < 1.29 is 24.2 Å². The van der Waals surface area contributed by atoms with E-state index < -0.39 is 11.9 Å². The summed E-state index contributed by atoms with van der Waals surface area (Å²) in [6.07, 6.45) is 3.38. The molecule has 1 N–H and O–H groups in total. The van der Waals surface area contributed by atoms with Gasteiger partial charge in [0, 0.05) is 24.6 Å². The van der Waals surface area contributed by atoms with Crippen LogP contribution in [0.2, 0.25) is 0 Å². The number of aromatic nitrogens is 2. The average molecular weight is 492 g/mol.